The van der Waals surface area contributed by atoms with Gasteiger partial charge in [-0.1, -0.05) is 0 Å². The summed E-state index contributed by atoms with van der Waals surface area (Å²) >= 11 is -3.24. The molecule has 2 aliphatic rings. The molecule has 0 aromatic heterocycles. The Kier molecular flexibility index (Phi) is 7.51. The first-order valence-corrected chi connectivity index (χ1v) is 21.4. The first-order chi connectivity index (χ1) is 21.3. The molecule has 2 heterocycles. The second-order valence-electron chi connectivity index (χ2n) is 12.5. The summed E-state index contributed by atoms with van der Waals surface area (Å²) in [5.74, 6) is 0. The summed E-state index contributed by atoms with van der Waals surface area (Å²) in [5, 5.41) is 2.70. The van der Waals surface area contributed by atoms with Crippen LogP contribution in [0.25, 0.3) is 11.1 Å². The number of unbranched alkanes of at least 4 members (excludes halogenated alkanes) is 2. The predicted octanol–water partition coefficient (Wildman–Crippen LogP) is 11.0. The van der Waals surface area contributed by atoms with Crippen LogP contribution in [0.4, 0.5) is 0 Å². The molecule has 0 saturated heterocycles. The van der Waals surface area contributed by atoms with Crippen LogP contribution in [0.1, 0.15) is 72.9 Å². The summed E-state index contributed by atoms with van der Waals surface area (Å²) in [6.45, 7) is 4.79. The number of hydrogen-bond acceptors (Lipinski definition) is 0. The molecular formula is C42H42Ge. The van der Waals surface area contributed by atoms with Crippen molar-refractivity contribution in [1.82, 2.24) is 0 Å². The van der Waals surface area contributed by atoms with Gasteiger partial charge in [-0.25, -0.2) is 0 Å². The molecule has 2 atom stereocenters. The third-order valence-corrected chi connectivity index (χ3v) is 25.1. The standard InChI is InChI=1S/C42H42Ge/c1-3-5-31-43(32-6-4-2)41(35-25-15-9-16-26-35)37-29-19-20-30-38(37)42(43,36-27-17-10-18-28-36)40(34-23-13-8-14-24-34)39(41)33-21-11-7-12-22-33/h7-30H,3-6,31-32H2,1-2H3. The molecule has 0 fully saturated rings. The van der Waals surface area contributed by atoms with Crippen molar-refractivity contribution < 1.29 is 0 Å². The maximum atomic E-state index is 2.52. The monoisotopic (exact) mass is 620 g/mol. The molecule has 0 saturated carbocycles. The van der Waals surface area contributed by atoms with E-state index in [4.69, 9.17) is 0 Å². The van der Waals surface area contributed by atoms with Gasteiger partial charge in [0.15, 0.2) is 0 Å². The Labute approximate surface area is 260 Å². The Morgan fingerprint density at radius 1 is 0.419 bits per heavy atom. The van der Waals surface area contributed by atoms with Gasteiger partial charge in [-0.2, -0.15) is 0 Å². The van der Waals surface area contributed by atoms with E-state index >= 15 is 0 Å². The van der Waals surface area contributed by atoms with Crippen molar-refractivity contribution in [3.05, 3.63) is 179 Å². The maximum absolute atomic E-state index is 3.24. The van der Waals surface area contributed by atoms with Crippen LogP contribution in [0.5, 0.6) is 0 Å². The van der Waals surface area contributed by atoms with Crippen molar-refractivity contribution >= 4 is 24.4 Å². The summed E-state index contributed by atoms with van der Waals surface area (Å²) in [5.41, 5.74) is 12.1. The van der Waals surface area contributed by atoms with Crippen LogP contribution in [-0.2, 0) is 8.49 Å². The molecule has 43 heavy (non-hydrogen) atoms. The molecule has 2 aliphatic heterocycles. The van der Waals surface area contributed by atoms with Gasteiger partial charge in [-0.3, -0.25) is 0 Å². The molecule has 0 radical (unpaired) electrons. The third-order valence-electron chi connectivity index (χ3n) is 10.6. The van der Waals surface area contributed by atoms with Crippen LogP contribution in [-0.4, -0.2) is 13.3 Å². The number of allylic oxidation sites excluding steroid dienone is 2. The topological polar surface area (TPSA) is 0 Å². The first kappa shape index (κ1) is 28.2. The Hall–Kier alpha value is -3.62. The molecule has 0 aliphatic carbocycles. The van der Waals surface area contributed by atoms with Gasteiger partial charge in [-0.15, -0.1) is 0 Å². The number of benzene rings is 5. The Morgan fingerprint density at radius 2 is 0.744 bits per heavy atom. The third kappa shape index (κ3) is 3.82. The zero-order valence-corrected chi connectivity index (χ0v) is 27.7. The normalized spacial score (nSPS) is 21.6. The molecule has 0 spiro atoms. The molecule has 5 aromatic rings. The van der Waals surface area contributed by atoms with Crippen molar-refractivity contribution in [3.8, 4) is 0 Å². The van der Waals surface area contributed by atoms with E-state index in [1.165, 1.54) is 58.4 Å². The molecule has 0 nitrogen and oxygen atoms in total. The average Bonchev–Trinajstić information content (AvgIpc) is 3.45. The van der Waals surface area contributed by atoms with Gasteiger partial charge in [0.1, 0.15) is 0 Å². The van der Waals surface area contributed by atoms with Gasteiger partial charge in [0.05, 0.1) is 0 Å². The van der Waals surface area contributed by atoms with E-state index in [9.17, 15) is 0 Å². The van der Waals surface area contributed by atoms with Gasteiger partial charge in [-0.05, 0) is 0 Å². The van der Waals surface area contributed by atoms with Crippen molar-refractivity contribution in [2.75, 3.05) is 0 Å². The van der Waals surface area contributed by atoms with E-state index in [0.29, 0.717) is 0 Å². The van der Waals surface area contributed by atoms with Crippen molar-refractivity contribution in [3.63, 3.8) is 0 Å². The van der Waals surface area contributed by atoms with Crippen LogP contribution in [0.3, 0.4) is 0 Å². The Morgan fingerprint density at radius 3 is 1.09 bits per heavy atom. The summed E-state index contributed by atoms with van der Waals surface area (Å²) in [7, 11) is 0. The van der Waals surface area contributed by atoms with Gasteiger partial charge >= 0.3 is 262 Å². The van der Waals surface area contributed by atoms with Crippen LogP contribution < -0.4 is 0 Å². The molecule has 7 rings (SSSR count). The Bertz CT molecular complexity index is 1590. The van der Waals surface area contributed by atoms with Crippen LogP contribution in [0, 0.1) is 0 Å². The van der Waals surface area contributed by atoms with E-state index in [0.717, 1.165) is 0 Å². The molecule has 5 aromatic carbocycles. The van der Waals surface area contributed by atoms with E-state index in [1.807, 2.05) is 0 Å². The number of fused-ring (bicyclic) bond motifs is 5. The summed E-state index contributed by atoms with van der Waals surface area (Å²) < 4.78 is -0.241. The van der Waals surface area contributed by atoms with Crippen molar-refractivity contribution in [2.45, 2.75) is 58.5 Å². The van der Waals surface area contributed by atoms with E-state index in [-0.39, 0.29) is 8.49 Å². The zero-order chi connectivity index (χ0) is 29.3. The van der Waals surface area contributed by atoms with Gasteiger partial charge < -0.3 is 0 Å². The van der Waals surface area contributed by atoms with Gasteiger partial charge in [0.2, 0.25) is 0 Å². The predicted molar refractivity (Wildman–Crippen MR) is 186 cm³/mol. The second kappa shape index (κ2) is 11.5. The van der Waals surface area contributed by atoms with Crippen molar-refractivity contribution in [2.24, 2.45) is 0 Å². The summed E-state index contributed by atoms with van der Waals surface area (Å²) in [6, 6.07) is 56.2. The summed E-state index contributed by atoms with van der Waals surface area (Å²) in [4.78, 5) is 0. The fourth-order valence-electron chi connectivity index (χ4n) is 9.35. The van der Waals surface area contributed by atoms with E-state index in [2.05, 4.69) is 159 Å². The molecule has 0 N–H and O–H groups in total. The molecule has 0 amide bonds. The molecule has 2 bridgehead atoms. The average molecular weight is 619 g/mol. The van der Waals surface area contributed by atoms with Gasteiger partial charge in [0.25, 0.3) is 0 Å². The summed E-state index contributed by atoms with van der Waals surface area (Å²) in [6.07, 6.45) is 5.02. The van der Waals surface area contributed by atoms with Gasteiger partial charge in [0, 0.05) is 0 Å². The fraction of sp³-hybridized carbons (Fsp3) is 0.238. The fourth-order valence-corrected chi connectivity index (χ4v) is 27.5. The van der Waals surface area contributed by atoms with Crippen molar-refractivity contribution in [1.29, 1.82) is 0 Å². The molecular weight excluding hydrogens is 577 g/mol. The molecule has 2 unspecified atom stereocenters. The minimum absolute atomic E-state index is 0.120. The van der Waals surface area contributed by atoms with Crippen LogP contribution in [0.2, 0.25) is 10.5 Å². The van der Waals surface area contributed by atoms with Crippen LogP contribution >= 0.6 is 0 Å². The molecule has 1 heteroatoms. The second-order valence-corrected chi connectivity index (χ2v) is 22.3. The quantitative estimate of drug-likeness (QED) is 0.137. The van der Waals surface area contributed by atoms with E-state index < -0.39 is 13.3 Å². The van der Waals surface area contributed by atoms with Crippen LogP contribution in [0.15, 0.2) is 146 Å². The zero-order valence-electron chi connectivity index (χ0n) is 25.6. The number of hydrogen-bond donors (Lipinski definition) is 0. The minimum atomic E-state index is -3.24. The number of rotatable bonds is 10. The van der Waals surface area contributed by atoms with E-state index in [1.54, 1.807) is 22.3 Å². The SMILES string of the molecule is CCC[CH2][Ge]1([CH2]CCC)[C]2(c3ccccc3)C(c3ccccc3)=C(c3ccccc3)[C]1(c1ccccc1)c1ccccc12. The Balaban J connectivity index is 1.79. The first-order valence-electron chi connectivity index (χ1n) is 16.3. The molecule has 214 valence electrons.